The van der Waals surface area contributed by atoms with E-state index in [1.165, 1.54) is 20.7 Å². The second-order valence-corrected chi connectivity index (χ2v) is 10.2. The van der Waals surface area contributed by atoms with Crippen molar-refractivity contribution in [1.82, 2.24) is 4.90 Å². The molecule has 0 radical (unpaired) electrons. The third-order valence-electron chi connectivity index (χ3n) is 5.30. The number of hydrogen-bond acceptors (Lipinski definition) is 7. The normalized spacial score (nSPS) is 17.3. The number of hydrogen-bond donors (Lipinski definition) is 0. The summed E-state index contributed by atoms with van der Waals surface area (Å²) >= 11 is 5.58. The minimum atomic E-state index is -0.671. The van der Waals surface area contributed by atoms with Gasteiger partial charge in [0.15, 0.2) is 0 Å². The van der Waals surface area contributed by atoms with Gasteiger partial charge in [0.2, 0.25) is 17.7 Å². The van der Waals surface area contributed by atoms with E-state index in [4.69, 9.17) is 17.0 Å². The molecule has 6 nitrogen and oxygen atoms in total. The van der Waals surface area contributed by atoms with Gasteiger partial charge in [-0.2, -0.15) is 0 Å². The maximum Gasteiger partial charge on any atom is 0.248 e. The molecule has 4 rings (SSSR count). The molecule has 0 aliphatic carbocycles. The van der Waals surface area contributed by atoms with Crippen LogP contribution >= 0.6 is 32.9 Å². The predicted octanol–water partition coefficient (Wildman–Crippen LogP) is 4.34. The summed E-state index contributed by atoms with van der Waals surface area (Å²) in [6.07, 6.45) is 0.336. The third-order valence-corrected chi connectivity index (χ3v) is 8.28. The lowest BCUT2D eigenvalue weighted by Crippen LogP contribution is -2.52. The second-order valence-electron chi connectivity index (χ2n) is 7.44. The number of rotatable bonds is 4. The first kappa shape index (κ1) is 20.2. The van der Waals surface area contributed by atoms with Gasteiger partial charge in [0.25, 0.3) is 0 Å². The molecule has 0 bridgehead atoms. The first-order valence-electron chi connectivity index (χ1n) is 9.32. The molecule has 2 aromatic rings. The molecule has 1 fully saturated rings. The quantitative estimate of drug-likeness (QED) is 0.396. The molecule has 0 saturated carbocycles. The van der Waals surface area contributed by atoms with Crippen LogP contribution in [0.1, 0.15) is 39.2 Å². The Morgan fingerprint density at radius 1 is 1.21 bits per heavy atom. The lowest BCUT2D eigenvalue weighted by Gasteiger charge is -2.43. The van der Waals surface area contributed by atoms with Crippen molar-refractivity contribution in [2.24, 2.45) is 0 Å². The van der Waals surface area contributed by atoms with Crippen LogP contribution in [0.15, 0.2) is 18.2 Å². The Balaban J connectivity index is 1.80. The fourth-order valence-corrected chi connectivity index (χ4v) is 6.92. The van der Waals surface area contributed by atoms with E-state index in [-0.39, 0.29) is 37.1 Å². The maximum atomic E-state index is 13.3. The minimum absolute atomic E-state index is 0.168. The molecule has 1 aromatic heterocycles. The Kier molecular flexibility index (Phi) is 5.08. The molecule has 9 heteroatoms. The van der Waals surface area contributed by atoms with Crippen LogP contribution < -0.4 is 9.64 Å². The van der Waals surface area contributed by atoms with E-state index in [1.54, 1.807) is 4.90 Å². The van der Waals surface area contributed by atoms with Crippen LogP contribution in [0, 0.1) is 3.82 Å². The molecule has 0 spiro atoms. The van der Waals surface area contributed by atoms with Gasteiger partial charge in [-0.1, -0.05) is 39.0 Å². The topological polar surface area (TPSA) is 66.9 Å². The molecule has 0 atom stereocenters. The summed E-state index contributed by atoms with van der Waals surface area (Å²) in [6.45, 7) is 6.18. The highest BCUT2D eigenvalue weighted by molar-refractivity contribution is 7.80. The largest absolute Gasteiger partial charge is 0.494 e. The van der Waals surface area contributed by atoms with Crippen LogP contribution in [0.4, 0.5) is 5.00 Å². The van der Waals surface area contributed by atoms with Crippen LogP contribution in [0.3, 0.4) is 0 Å². The number of fused-ring (bicyclic) bond motifs is 3. The highest BCUT2D eigenvalue weighted by atomic mass is 32.9. The van der Waals surface area contributed by atoms with Crippen molar-refractivity contribution >= 4 is 55.6 Å². The summed E-state index contributed by atoms with van der Waals surface area (Å²) in [5, 5.41) is 0.759. The SMILES string of the molecule is CCOc1ccc2c(c1)-c1c(ssc1=S)N(C(=O)CN1C(=O)CCC1=O)C2(C)C. The van der Waals surface area contributed by atoms with Gasteiger partial charge in [0.1, 0.15) is 21.1 Å². The van der Waals surface area contributed by atoms with Crippen molar-refractivity contribution in [1.29, 1.82) is 0 Å². The number of likely N-dealkylation sites (tertiary alicyclic amines) is 1. The average Bonchev–Trinajstić information content (AvgIpc) is 3.19. The maximum absolute atomic E-state index is 13.3. The summed E-state index contributed by atoms with van der Waals surface area (Å²) in [5.74, 6) is -0.119. The van der Waals surface area contributed by atoms with Gasteiger partial charge in [0.05, 0.1) is 12.1 Å². The number of ether oxygens (including phenoxy) is 1. The first-order valence-corrected chi connectivity index (χ1v) is 11.9. The predicted molar refractivity (Wildman–Crippen MR) is 116 cm³/mol. The van der Waals surface area contributed by atoms with Gasteiger partial charge < -0.3 is 4.74 Å². The summed E-state index contributed by atoms with van der Waals surface area (Å²) in [7, 11) is 2.89. The fourth-order valence-electron chi connectivity index (χ4n) is 3.95. The zero-order valence-corrected chi connectivity index (χ0v) is 18.8. The summed E-state index contributed by atoms with van der Waals surface area (Å²) in [6, 6.07) is 5.83. The first-order chi connectivity index (χ1) is 13.8. The van der Waals surface area contributed by atoms with E-state index in [2.05, 4.69) is 0 Å². The van der Waals surface area contributed by atoms with Gasteiger partial charge in [-0.25, -0.2) is 0 Å². The molecule has 3 amide bonds. The van der Waals surface area contributed by atoms with Crippen molar-refractivity contribution in [3.8, 4) is 16.9 Å². The van der Waals surface area contributed by atoms with Crippen molar-refractivity contribution in [3.05, 3.63) is 27.6 Å². The monoisotopic (exact) mass is 448 g/mol. The number of anilines is 1. The average molecular weight is 449 g/mol. The molecule has 0 N–H and O–H groups in total. The molecule has 2 aliphatic heterocycles. The van der Waals surface area contributed by atoms with E-state index < -0.39 is 5.54 Å². The third kappa shape index (κ3) is 3.21. The van der Waals surface area contributed by atoms with Crippen molar-refractivity contribution in [2.75, 3.05) is 18.1 Å². The Morgan fingerprint density at radius 2 is 1.90 bits per heavy atom. The summed E-state index contributed by atoms with van der Waals surface area (Å²) in [4.78, 5) is 40.1. The molecule has 1 saturated heterocycles. The second kappa shape index (κ2) is 7.30. The zero-order chi connectivity index (χ0) is 20.9. The zero-order valence-electron chi connectivity index (χ0n) is 16.3. The Bertz CT molecular complexity index is 1070. The van der Waals surface area contributed by atoms with E-state index in [9.17, 15) is 14.4 Å². The van der Waals surface area contributed by atoms with Crippen LogP contribution in [0.25, 0.3) is 11.1 Å². The number of amides is 3. The van der Waals surface area contributed by atoms with Gasteiger partial charge in [0, 0.05) is 18.4 Å². The Labute approximate surface area is 181 Å². The van der Waals surface area contributed by atoms with Crippen LogP contribution in [-0.2, 0) is 19.9 Å². The molecular weight excluding hydrogens is 428 g/mol. The highest BCUT2D eigenvalue weighted by Crippen LogP contribution is 2.53. The molecule has 1 aromatic carbocycles. The number of imide groups is 1. The molecule has 29 heavy (non-hydrogen) atoms. The summed E-state index contributed by atoms with van der Waals surface area (Å²) < 4.78 is 6.38. The summed E-state index contributed by atoms with van der Waals surface area (Å²) in [5.41, 5.74) is 2.10. The van der Waals surface area contributed by atoms with Crippen LogP contribution in [0.2, 0.25) is 0 Å². The molecular formula is C20H20N2O4S3. The van der Waals surface area contributed by atoms with Crippen molar-refractivity contribution in [3.63, 3.8) is 0 Å². The van der Waals surface area contributed by atoms with Crippen LogP contribution in [-0.4, -0.2) is 35.8 Å². The molecule has 3 heterocycles. The van der Waals surface area contributed by atoms with Gasteiger partial charge in [-0.15, -0.1) is 0 Å². The lowest BCUT2D eigenvalue weighted by molar-refractivity contribution is -0.142. The number of nitrogens with zero attached hydrogens (tertiary/aromatic N) is 2. The fraction of sp³-hybridized carbons (Fsp3) is 0.400. The molecule has 152 valence electrons. The Hall–Kier alpha value is -2.10. The van der Waals surface area contributed by atoms with Crippen molar-refractivity contribution < 1.29 is 19.1 Å². The molecule has 2 aliphatic rings. The molecule has 0 unspecified atom stereocenters. The smallest absolute Gasteiger partial charge is 0.248 e. The van der Waals surface area contributed by atoms with E-state index in [1.807, 2.05) is 39.0 Å². The standard InChI is InChI=1S/C20H20N2O4S3/c1-4-26-11-5-6-13-12(9-11)17-18(28-29-19(17)27)22(20(13,2)3)16(25)10-21-14(23)7-8-15(21)24/h5-6,9H,4,7-8,10H2,1-3H3. The van der Waals surface area contributed by atoms with Gasteiger partial charge >= 0.3 is 0 Å². The van der Waals surface area contributed by atoms with E-state index in [0.29, 0.717) is 10.4 Å². The van der Waals surface area contributed by atoms with Gasteiger partial charge in [-0.05, 0) is 44.0 Å². The number of carbonyl (C=O) groups excluding carboxylic acids is 3. The number of benzene rings is 1. The van der Waals surface area contributed by atoms with Crippen LogP contribution in [0.5, 0.6) is 5.75 Å². The van der Waals surface area contributed by atoms with Gasteiger partial charge in [-0.3, -0.25) is 24.2 Å². The van der Waals surface area contributed by atoms with E-state index in [0.717, 1.165) is 32.3 Å². The Morgan fingerprint density at radius 3 is 2.55 bits per heavy atom. The lowest BCUT2D eigenvalue weighted by atomic mass is 9.82. The van der Waals surface area contributed by atoms with Crippen molar-refractivity contribution in [2.45, 2.75) is 39.2 Å². The van der Waals surface area contributed by atoms with E-state index >= 15 is 0 Å². The highest BCUT2D eigenvalue weighted by Gasteiger charge is 2.44. The minimum Gasteiger partial charge on any atom is -0.494 e. The number of carbonyl (C=O) groups is 3.